The Morgan fingerprint density at radius 1 is 1.02 bits per heavy atom. The van der Waals surface area contributed by atoms with E-state index in [0.717, 1.165) is 81.1 Å². The maximum Gasteiger partial charge on any atom is 0.490 e. The van der Waals surface area contributed by atoms with E-state index in [1.165, 1.54) is 0 Å². The Hall–Kier alpha value is -4.06. The van der Waals surface area contributed by atoms with E-state index in [1.54, 1.807) is 13.3 Å². The van der Waals surface area contributed by atoms with Crippen LogP contribution in [0, 0.1) is 5.41 Å². The highest BCUT2D eigenvalue weighted by atomic mass is 19.4. The minimum Gasteiger partial charge on any atom is -0.475 e. The Morgan fingerprint density at radius 3 is 2.13 bits per heavy atom. The quantitative estimate of drug-likeness (QED) is 0.471. The molecule has 1 saturated heterocycles. The first-order chi connectivity index (χ1) is 21.0. The summed E-state index contributed by atoms with van der Waals surface area (Å²) in [4.78, 5) is 56.7. The molecule has 1 fully saturated rings. The van der Waals surface area contributed by atoms with Crippen molar-refractivity contribution in [2.75, 3.05) is 33.4 Å². The molecule has 1 spiro atoms. The number of likely N-dealkylation sites (tertiary alicyclic amines) is 1. The molecule has 1 amide bonds. The number of hydrogen-bond donors (Lipinski definition) is 2. The van der Waals surface area contributed by atoms with Gasteiger partial charge >= 0.3 is 24.3 Å². The van der Waals surface area contributed by atoms with Crippen LogP contribution < -0.4 is 5.56 Å². The average molecular weight is 652 g/mol. The number of ether oxygens (including phenoxy) is 1. The second-order valence-electron chi connectivity index (χ2n) is 10.8. The van der Waals surface area contributed by atoms with Gasteiger partial charge in [-0.2, -0.15) is 26.3 Å². The van der Waals surface area contributed by atoms with Crippen molar-refractivity contribution < 1.29 is 55.7 Å². The molecule has 0 unspecified atom stereocenters. The van der Waals surface area contributed by atoms with Crippen molar-refractivity contribution in [2.45, 2.75) is 57.7 Å². The summed E-state index contributed by atoms with van der Waals surface area (Å²) >= 11 is 0. The summed E-state index contributed by atoms with van der Waals surface area (Å²) in [5.41, 5.74) is 3.16. The van der Waals surface area contributed by atoms with Gasteiger partial charge in [0, 0.05) is 71.6 Å². The Kier molecular flexibility index (Phi) is 11.3. The number of carboxylic acid groups (broad SMARTS) is 2. The highest BCUT2D eigenvalue weighted by Crippen LogP contribution is 2.40. The van der Waals surface area contributed by atoms with Crippen molar-refractivity contribution >= 4 is 17.8 Å². The molecule has 18 heteroatoms. The number of fused-ring (bicyclic) bond motifs is 2. The molecule has 0 bridgehead atoms. The second-order valence-corrected chi connectivity index (χ2v) is 10.8. The first-order valence-electron chi connectivity index (χ1n) is 13.6. The topological polar surface area (TPSA) is 155 Å². The molecule has 45 heavy (non-hydrogen) atoms. The van der Waals surface area contributed by atoms with Crippen LogP contribution in [0.2, 0.25) is 0 Å². The molecule has 3 aliphatic rings. The number of carboxylic acids is 2. The molecule has 0 saturated carbocycles. The fourth-order valence-electron chi connectivity index (χ4n) is 5.31. The van der Waals surface area contributed by atoms with Crippen LogP contribution in [0.5, 0.6) is 0 Å². The molecule has 2 aromatic heterocycles. The van der Waals surface area contributed by atoms with Gasteiger partial charge in [-0.25, -0.2) is 14.6 Å². The molecule has 5 rings (SSSR count). The fraction of sp³-hybridized carbons (Fsp3) is 0.556. The first kappa shape index (κ1) is 35.4. The normalized spacial score (nSPS) is 17.3. The highest BCUT2D eigenvalue weighted by molar-refractivity contribution is 5.77. The van der Waals surface area contributed by atoms with Crippen molar-refractivity contribution in [3.05, 3.63) is 57.5 Å². The molecule has 0 aliphatic carbocycles. The van der Waals surface area contributed by atoms with E-state index in [-0.39, 0.29) is 23.5 Å². The third-order valence-corrected chi connectivity index (χ3v) is 7.56. The summed E-state index contributed by atoms with van der Waals surface area (Å²) in [6, 6.07) is 4.02. The predicted octanol–water partition coefficient (Wildman–Crippen LogP) is 2.27. The molecule has 0 aromatic carbocycles. The van der Waals surface area contributed by atoms with E-state index < -0.39 is 24.3 Å². The van der Waals surface area contributed by atoms with Crippen LogP contribution >= 0.6 is 0 Å². The van der Waals surface area contributed by atoms with E-state index in [0.29, 0.717) is 6.54 Å². The lowest BCUT2D eigenvalue weighted by Gasteiger charge is -2.38. The third kappa shape index (κ3) is 9.46. The number of aliphatic carboxylic acids is 2. The molecule has 2 aromatic rings. The molecule has 2 N–H and O–H groups in total. The van der Waals surface area contributed by atoms with Crippen LogP contribution in [0.15, 0.2) is 29.3 Å². The van der Waals surface area contributed by atoms with Gasteiger partial charge in [0.15, 0.2) is 0 Å². The van der Waals surface area contributed by atoms with Crippen LogP contribution in [0.25, 0.3) is 0 Å². The molecular weight excluding hydrogens is 620 g/mol. The Morgan fingerprint density at radius 2 is 1.62 bits per heavy atom. The number of piperidine rings is 1. The van der Waals surface area contributed by atoms with Gasteiger partial charge in [-0.1, -0.05) is 6.07 Å². The van der Waals surface area contributed by atoms with E-state index in [1.807, 2.05) is 21.7 Å². The van der Waals surface area contributed by atoms with Gasteiger partial charge in [0.2, 0.25) is 5.91 Å². The smallest absolute Gasteiger partial charge is 0.475 e. The monoisotopic (exact) mass is 651 g/mol. The van der Waals surface area contributed by atoms with Gasteiger partial charge in [-0.05, 0) is 29.9 Å². The van der Waals surface area contributed by atoms with Crippen LogP contribution in [-0.2, 0) is 51.6 Å². The first-order valence-corrected chi connectivity index (χ1v) is 13.6. The summed E-state index contributed by atoms with van der Waals surface area (Å²) in [5.74, 6) is -4.53. The maximum atomic E-state index is 13.4. The van der Waals surface area contributed by atoms with Crippen LogP contribution in [0.1, 0.15) is 35.5 Å². The molecule has 0 radical (unpaired) electrons. The lowest BCUT2D eigenvalue weighted by atomic mass is 9.77. The van der Waals surface area contributed by atoms with Crippen molar-refractivity contribution in [3.8, 4) is 0 Å². The summed E-state index contributed by atoms with van der Waals surface area (Å²) in [6.07, 6.45) is -3.04. The van der Waals surface area contributed by atoms with E-state index in [4.69, 9.17) is 29.5 Å². The number of methoxy groups -OCH3 is 1. The summed E-state index contributed by atoms with van der Waals surface area (Å²) < 4.78 is 70.4. The van der Waals surface area contributed by atoms with E-state index in [2.05, 4.69) is 16.0 Å². The number of amides is 1. The fourth-order valence-corrected chi connectivity index (χ4v) is 5.31. The van der Waals surface area contributed by atoms with Crippen LogP contribution in [0.4, 0.5) is 26.3 Å². The molecule has 248 valence electrons. The molecular formula is C27H31F6N5O7. The summed E-state index contributed by atoms with van der Waals surface area (Å²) in [5, 5.41) is 14.2. The van der Waals surface area contributed by atoms with Crippen molar-refractivity contribution in [1.82, 2.24) is 24.3 Å². The second kappa shape index (κ2) is 14.4. The third-order valence-electron chi connectivity index (χ3n) is 7.56. The van der Waals surface area contributed by atoms with Gasteiger partial charge in [-0.3, -0.25) is 24.0 Å². The zero-order valence-electron chi connectivity index (χ0n) is 24.0. The number of carbonyl (C=O) groups excluding carboxylic acids is 1. The molecule has 0 atom stereocenters. The van der Waals surface area contributed by atoms with Gasteiger partial charge < -0.3 is 19.8 Å². The summed E-state index contributed by atoms with van der Waals surface area (Å²) in [7, 11) is 1.55. The van der Waals surface area contributed by atoms with Crippen LogP contribution in [0.3, 0.4) is 0 Å². The minimum absolute atomic E-state index is 0.0440. The standard InChI is InChI=1S/C23H29N5O3.2C2HF3O2/c1-31-15-21(29)27-9-5-23(6-10-27)11-20-25-19-4-8-26(13-17-3-2-7-24-12-17)14-18(19)22(30)28(20)16-23;2*3-2(4,5)1(6)7/h2-3,7,12H,4-6,8-11,13-16H2,1H3;2*(H,6,7). The largest absolute Gasteiger partial charge is 0.490 e. The lowest BCUT2D eigenvalue weighted by molar-refractivity contribution is -0.193. The van der Waals surface area contributed by atoms with E-state index >= 15 is 0 Å². The van der Waals surface area contributed by atoms with Crippen molar-refractivity contribution in [1.29, 1.82) is 0 Å². The number of aromatic nitrogens is 3. The average Bonchev–Trinajstić information content (AvgIpc) is 3.32. The number of carbonyl (C=O) groups is 3. The molecule has 12 nitrogen and oxygen atoms in total. The molecule has 3 aliphatic heterocycles. The van der Waals surface area contributed by atoms with E-state index in [9.17, 15) is 35.9 Å². The predicted molar refractivity (Wildman–Crippen MR) is 142 cm³/mol. The number of alkyl halides is 6. The van der Waals surface area contributed by atoms with Crippen LogP contribution in [-0.4, -0.2) is 98.1 Å². The zero-order valence-corrected chi connectivity index (χ0v) is 24.0. The van der Waals surface area contributed by atoms with Gasteiger partial charge in [0.05, 0.1) is 11.3 Å². The number of rotatable bonds is 4. The Bertz CT molecular complexity index is 1400. The zero-order chi connectivity index (χ0) is 33.6. The van der Waals surface area contributed by atoms with Crippen molar-refractivity contribution in [3.63, 3.8) is 0 Å². The number of nitrogens with zero attached hydrogens (tertiary/aromatic N) is 5. The number of halogens is 6. The molecule has 5 heterocycles. The Balaban J connectivity index is 0.000000331. The SMILES string of the molecule is COCC(=O)N1CCC2(CC1)Cc1nc3c(c(=O)n1C2)CN(Cc1cccnc1)CC3.O=C(O)C(F)(F)F.O=C(O)C(F)(F)F. The lowest BCUT2D eigenvalue weighted by Crippen LogP contribution is -2.45. The van der Waals surface area contributed by atoms with Crippen molar-refractivity contribution in [2.24, 2.45) is 5.41 Å². The highest BCUT2D eigenvalue weighted by Gasteiger charge is 2.43. The van der Waals surface area contributed by atoms with Gasteiger partial charge in [0.1, 0.15) is 12.4 Å². The maximum absolute atomic E-state index is 13.4. The number of hydrogen-bond acceptors (Lipinski definition) is 8. The minimum atomic E-state index is -5.08. The number of pyridine rings is 1. The summed E-state index contributed by atoms with van der Waals surface area (Å²) in [6.45, 7) is 4.64. The Labute approximate surface area is 252 Å². The van der Waals surface area contributed by atoms with Gasteiger partial charge in [-0.15, -0.1) is 0 Å². The van der Waals surface area contributed by atoms with Gasteiger partial charge in [0.25, 0.3) is 5.56 Å².